The smallest absolute Gasteiger partial charge is 0.307 e. The lowest BCUT2D eigenvalue weighted by Gasteiger charge is -2.39. The summed E-state index contributed by atoms with van der Waals surface area (Å²) in [5.74, 6) is 0. The van der Waals surface area contributed by atoms with Crippen molar-refractivity contribution in [2.75, 3.05) is 26.4 Å². The Labute approximate surface area is 139 Å². The summed E-state index contributed by atoms with van der Waals surface area (Å²) in [6.45, 7) is 11.4. The van der Waals surface area contributed by atoms with E-state index in [1.165, 1.54) is 0 Å². The van der Waals surface area contributed by atoms with Gasteiger partial charge in [0.05, 0.1) is 26.4 Å². The summed E-state index contributed by atoms with van der Waals surface area (Å²) in [6, 6.07) is 0. The molecule has 0 heterocycles. The third-order valence-electron chi connectivity index (χ3n) is 2.67. The molecule has 0 aromatic heterocycles. The van der Waals surface area contributed by atoms with E-state index < -0.39 is 26.3 Å². The predicted octanol–water partition coefficient (Wildman–Crippen LogP) is 4.25. The zero-order chi connectivity index (χ0) is 18.3. The molecule has 1 radical (unpaired) electrons. The van der Waals surface area contributed by atoms with E-state index in [9.17, 15) is 14.3 Å². The lowest BCUT2D eigenvalue weighted by molar-refractivity contribution is -0.214. The van der Waals surface area contributed by atoms with Gasteiger partial charge in [-0.15, -0.1) is 10.3 Å². The third-order valence-corrected chi connectivity index (χ3v) is 8.39. The van der Waals surface area contributed by atoms with E-state index in [0.717, 1.165) is 0 Å². The van der Waals surface area contributed by atoms with E-state index in [1.54, 1.807) is 48.5 Å². The Kier molecular flexibility index (Phi) is 9.73. The molecule has 0 bridgehead atoms. The molecule has 0 saturated heterocycles. The molecule has 10 heteroatoms. The monoisotopic (exact) mass is 374 g/mol. The summed E-state index contributed by atoms with van der Waals surface area (Å²) in [5, 5.41) is 13.3. The molecule has 0 rings (SSSR count). The van der Waals surface area contributed by atoms with Crippen LogP contribution in [-0.4, -0.2) is 42.6 Å². The SMILES string of the molecule is CCOP(=O)(OCC)C(N([O])C(C)(C)C)P(=O)(OCC)OCC. The minimum Gasteiger partial charge on any atom is -0.307 e. The van der Waals surface area contributed by atoms with Gasteiger partial charge in [-0.05, 0) is 48.5 Å². The first-order chi connectivity index (χ1) is 10.5. The van der Waals surface area contributed by atoms with Crippen LogP contribution in [0.1, 0.15) is 48.5 Å². The van der Waals surface area contributed by atoms with Gasteiger partial charge in [0.1, 0.15) is 0 Å². The van der Waals surface area contributed by atoms with E-state index in [-0.39, 0.29) is 26.4 Å². The summed E-state index contributed by atoms with van der Waals surface area (Å²) in [6.07, 6.45) is 0. The van der Waals surface area contributed by atoms with Crippen molar-refractivity contribution >= 4 is 15.2 Å². The highest BCUT2D eigenvalue weighted by Crippen LogP contribution is 2.71. The van der Waals surface area contributed by atoms with Crippen molar-refractivity contribution < 1.29 is 32.4 Å². The Morgan fingerprint density at radius 3 is 1.22 bits per heavy atom. The zero-order valence-electron chi connectivity index (χ0n) is 15.1. The highest BCUT2D eigenvalue weighted by Gasteiger charge is 2.57. The largest absolute Gasteiger partial charge is 0.362 e. The van der Waals surface area contributed by atoms with Gasteiger partial charge in [0, 0.05) is 5.54 Å². The number of hydrogen-bond donors (Lipinski definition) is 0. The lowest BCUT2D eigenvalue weighted by Crippen LogP contribution is -2.45. The standard InChI is InChI=1S/C13H30NO7P2/c1-8-18-22(16,19-9-2)12(14(15)13(5,6)7)23(17,20-10-3)21-11-4/h12H,8-11H2,1-7H3. The second-order valence-electron chi connectivity index (χ2n) is 5.59. The Morgan fingerprint density at radius 1 is 0.783 bits per heavy atom. The van der Waals surface area contributed by atoms with Crippen LogP contribution in [-0.2, 0) is 32.4 Å². The predicted molar refractivity (Wildman–Crippen MR) is 87.8 cm³/mol. The third kappa shape index (κ3) is 6.22. The molecule has 8 nitrogen and oxygen atoms in total. The van der Waals surface area contributed by atoms with Crippen molar-refractivity contribution in [3.05, 3.63) is 0 Å². The second-order valence-corrected chi connectivity index (χ2v) is 10.2. The normalized spacial score (nSPS) is 14.0. The fraction of sp³-hybridized carbons (Fsp3) is 1.00. The maximum Gasteiger partial charge on any atom is 0.362 e. The maximum atomic E-state index is 13.2. The van der Waals surface area contributed by atoms with Crippen molar-refractivity contribution in [1.82, 2.24) is 5.06 Å². The molecule has 139 valence electrons. The Balaban J connectivity index is 6.16. The van der Waals surface area contributed by atoms with Crippen molar-refractivity contribution in [1.29, 1.82) is 0 Å². The van der Waals surface area contributed by atoms with Gasteiger partial charge >= 0.3 is 15.2 Å². The first-order valence-electron chi connectivity index (χ1n) is 7.76. The van der Waals surface area contributed by atoms with Crippen molar-refractivity contribution in [2.45, 2.75) is 59.5 Å². The highest BCUT2D eigenvalue weighted by molar-refractivity contribution is 7.72. The maximum absolute atomic E-state index is 13.2. The van der Waals surface area contributed by atoms with Crippen LogP contribution in [0.3, 0.4) is 0 Å². The molecule has 0 spiro atoms. The van der Waals surface area contributed by atoms with Crippen LogP contribution in [0.5, 0.6) is 0 Å². The van der Waals surface area contributed by atoms with Gasteiger partial charge in [0.15, 0.2) is 0 Å². The quantitative estimate of drug-likeness (QED) is 0.394. The highest BCUT2D eigenvalue weighted by atomic mass is 31.2. The van der Waals surface area contributed by atoms with Crippen LogP contribution in [0.2, 0.25) is 0 Å². The molecule has 0 aliphatic rings. The van der Waals surface area contributed by atoms with Gasteiger partial charge in [-0.25, -0.2) is 0 Å². The fourth-order valence-electron chi connectivity index (χ4n) is 1.84. The minimum absolute atomic E-state index is 0.0318. The van der Waals surface area contributed by atoms with E-state index in [1.807, 2.05) is 0 Å². The molecule has 0 fully saturated rings. The molecule has 0 aliphatic heterocycles. The summed E-state index contributed by atoms with van der Waals surface area (Å²) >= 11 is 0. The second kappa shape index (κ2) is 9.64. The van der Waals surface area contributed by atoms with Crippen LogP contribution in [0.15, 0.2) is 0 Å². The van der Waals surface area contributed by atoms with E-state index in [4.69, 9.17) is 18.1 Å². The Bertz CT molecular complexity index is 389. The topological polar surface area (TPSA) is 94.2 Å². The van der Waals surface area contributed by atoms with Crippen LogP contribution < -0.4 is 0 Å². The number of hydrogen-bond acceptors (Lipinski definition) is 7. The summed E-state index contributed by atoms with van der Waals surface area (Å²) < 4.78 is 47.3. The molecular weight excluding hydrogens is 344 g/mol. The van der Waals surface area contributed by atoms with Gasteiger partial charge in [-0.3, -0.25) is 9.13 Å². The van der Waals surface area contributed by atoms with Gasteiger partial charge in [-0.1, -0.05) is 0 Å². The van der Waals surface area contributed by atoms with Crippen LogP contribution in [0.4, 0.5) is 0 Å². The van der Waals surface area contributed by atoms with Gasteiger partial charge in [0.25, 0.3) is 0 Å². The molecule has 0 aromatic rings. The van der Waals surface area contributed by atoms with Crippen LogP contribution in [0, 0.1) is 0 Å². The molecule has 0 atom stereocenters. The average molecular weight is 374 g/mol. The van der Waals surface area contributed by atoms with E-state index in [2.05, 4.69) is 0 Å². The first-order valence-corrected chi connectivity index (χ1v) is 11.0. The van der Waals surface area contributed by atoms with Crippen molar-refractivity contribution in [3.8, 4) is 0 Å². The number of nitrogens with zero attached hydrogens (tertiary/aromatic N) is 1. The molecule has 0 saturated carbocycles. The van der Waals surface area contributed by atoms with Gasteiger partial charge in [-0.2, -0.15) is 0 Å². The Hall–Kier alpha value is 0.220. The van der Waals surface area contributed by atoms with Gasteiger partial charge < -0.3 is 18.1 Å². The number of hydroxylamine groups is 2. The summed E-state index contributed by atoms with van der Waals surface area (Å²) in [4.78, 5) is 0. The minimum atomic E-state index is -4.06. The van der Waals surface area contributed by atoms with Crippen molar-refractivity contribution in [3.63, 3.8) is 0 Å². The fourth-order valence-corrected chi connectivity index (χ4v) is 7.35. The zero-order valence-corrected chi connectivity index (χ0v) is 16.9. The molecule has 0 unspecified atom stereocenters. The van der Waals surface area contributed by atoms with Gasteiger partial charge in [0.2, 0.25) is 5.52 Å². The Morgan fingerprint density at radius 2 is 1.04 bits per heavy atom. The first kappa shape index (κ1) is 23.2. The molecular formula is C13H30NO7P2. The lowest BCUT2D eigenvalue weighted by atomic mass is 10.1. The molecule has 23 heavy (non-hydrogen) atoms. The van der Waals surface area contributed by atoms with Crippen molar-refractivity contribution in [2.24, 2.45) is 0 Å². The van der Waals surface area contributed by atoms with E-state index in [0.29, 0.717) is 5.06 Å². The summed E-state index contributed by atoms with van der Waals surface area (Å²) in [7, 11) is -8.13. The molecule has 0 aliphatic carbocycles. The average Bonchev–Trinajstić information content (AvgIpc) is 2.38. The summed E-state index contributed by atoms with van der Waals surface area (Å²) in [5.41, 5.74) is -2.69. The molecule has 0 amide bonds. The molecule has 0 N–H and O–H groups in total. The van der Waals surface area contributed by atoms with Crippen LogP contribution >= 0.6 is 15.2 Å². The molecule has 0 aromatic carbocycles. The van der Waals surface area contributed by atoms with Crippen LogP contribution in [0.25, 0.3) is 0 Å². The van der Waals surface area contributed by atoms with E-state index >= 15 is 0 Å². The number of rotatable bonds is 11.